The van der Waals surface area contributed by atoms with Gasteiger partial charge in [0.15, 0.2) is 5.16 Å². The van der Waals surface area contributed by atoms with Crippen LogP contribution in [0.1, 0.15) is 33.3 Å². The van der Waals surface area contributed by atoms with Crippen LogP contribution >= 0.6 is 11.8 Å². The highest BCUT2D eigenvalue weighted by molar-refractivity contribution is 7.98. The van der Waals surface area contributed by atoms with Gasteiger partial charge in [-0.2, -0.15) is 0 Å². The molecule has 1 N–H and O–H groups in total. The van der Waals surface area contributed by atoms with E-state index in [4.69, 9.17) is 9.40 Å². The van der Waals surface area contributed by atoms with E-state index in [9.17, 15) is 14.7 Å². The van der Waals surface area contributed by atoms with Gasteiger partial charge in [-0.15, -0.1) is 0 Å². The summed E-state index contributed by atoms with van der Waals surface area (Å²) >= 11 is 1.42. The van der Waals surface area contributed by atoms with Crippen LogP contribution in [0.5, 0.6) is 5.75 Å². The van der Waals surface area contributed by atoms with Crippen LogP contribution in [0.25, 0.3) is 21.9 Å². The van der Waals surface area contributed by atoms with Crippen molar-refractivity contribution < 1.29 is 9.52 Å². The Hall–Kier alpha value is -3.10. The summed E-state index contributed by atoms with van der Waals surface area (Å²) in [6, 6.07) is 14.3. The molecule has 0 saturated heterocycles. The van der Waals surface area contributed by atoms with Gasteiger partial charge in [0.2, 0.25) is 0 Å². The fourth-order valence-corrected chi connectivity index (χ4v) is 5.28. The predicted molar refractivity (Wildman–Crippen MR) is 137 cm³/mol. The number of phenols is 1. The smallest absolute Gasteiger partial charge is 0.336 e. The molecule has 0 spiro atoms. The quantitative estimate of drug-likeness (QED) is 0.224. The van der Waals surface area contributed by atoms with E-state index in [1.807, 2.05) is 18.2 Å². The molecule has 178 valence electrons. The SMILES string of the molecule is CC(C)N(CCn1c(SCc2cc(=O)oc3cc(O)ccc23)nc2ccccc2c1=O)C(C)C. The maximum atomic E-state index is 13.4. The van der Waals surface area contributed by atoms with E-state index in [2.05, 4.69) is 32.6 Å². The van der Waals surface area contributed by atoms with Gasteiger partial charge < -0.3 is 9.52 Å². The van der Waals surface area contributed by atoms with Crippen LogP contribution in [0.4, 0.5) is 0 Å². The number of para-hydroxylation sites is 1. The highest BCUT2D eigenvalue weighted by atomic mass is 32.2. The average Bonchev–Trinajstić information content (AvgIpc) is 2.78. The van der Waals surface area contributed by atoms with Crippen molar-refractivity contribution in [3.05, 3.63) is 74.9 Å². The van der Waals surface area contributed by atoms with Crippen molar-refractivity contribution in [2.75, 3.05) is 6.54 Å². The van der Waals surface area contributed by atoms with Gasteiger partial charge in [0.25, 0.3) is 5.56 Å². The Bertz CT molecular complexity index is 1430. The van der Waals surface area contributed by atoms with Crippen molar-refractivity contribution in [3.63, 3.8) is 0 Å². The summed E-state index contributed by atoms with van der Waals surface area (Å²) in [4.78, 5) is 32.7. The molecule has 0 atom stereocenters. The maximum Gasteiger partial charge on any atom is 0.336 e. The monoisotopic (exact) mass is 479 g/mol. The van der Waals surface area contributed by atoms with E-state index in [1.54, 1.807) is 22.8 Å². The lowest BCUT2D eigenvalue weighted by Crippen LogP contribution is -2.40. The van der Waals surface area contributed by atoms with Gasteiger partial charge in [0.05, 0.1) is 10.9 Å². The first-order valence-corrected chi connectivity index (χ1v) is 12.4. The number of fused-ring (bicyclic) bond motifs is 2. The molecule has 8 heteroatoms. The second kappa shape index (κ2) is 10.0. The lowest BCUT2D eigenvalue weighted by Gasteiger charge is -2.30. The molecule has 0 radical (unpaired) electrons. The summed E-state index contributed by atoms with van der Waals surface area (Å²) in [6.45, 7) is 9.85. The summed E-state index contributed by atoms with van der Waals surface area (Å²) < 4.78 is 6.98. The molecule has 0 unspecified atom stereocenters. The van der Waals surface area contributed by atoms with Crippen LogP contribution < -0.4 is 11.2 Å². The van der Waals surface area contributed by atoms with Gasteiger partial charge in [0.1, 0.15) is 11.3 Å². The average molecular weight is 480 g/mol. The van der Waals surface area contributed by atoms with Crippen LogP contribution in [0, 0.1) is 0 Å². The van der Waals surface area contributed by atoms with E-state index in [0.717, 1.165) is 17.5 Å². The number of hydrogen-bond acceptors (Lipinski definition) is 7. The molecule has 2 aromatic heterocycles. The number of benzene rings is 2. The Balaban J connectivity index is 1.72. The molecule has 4 rings (SSSR count). The second-order valence-electron chi connectivity index (χ2n) is 8.85. The Labute approximate surface area is 202 Å². The van der Waals surface area contributed by atoms with Gasteiger partial charge in [-0.3, -0.25) is 14.3 Å². The molecule has 0 saturated carbocycles. The Morgan fingerprint density at radius 1 is 1.03 bits per heavy atom. The largest absolute Gasteiger partial charge is 0.508 e. The van der Waals surface area contributed by atoms with Crippen LogP contribution in [-0.2, 0) is 12.3 Å². The summed E-state index contributed by atoms with van der Waals surface area (Å²) in [5, 5.41) is 11.7. The molecule has 2 aromatic carbocycles. The molecule has 0 fully saturated rings. The molecular formula is C26H29N3O4S. The third-order valence-corrected chi connectivity index (χ3v) is 6.93. The van der Waals surface area contributed by atoms with Gasteiger partial charge in [-0.1, -0.05) is 23.9 Å². The summed E-state index contributed by atoms with van der Waals surface area (Å²) in [7, 11) is 0. The number of thioether (sulfide) groups is 1. The molecule has 7 nitrogen and oxygen atoms in total. The molecule has 0 aliphatic carbocycles. The molecule has 2 heterocycles. The Morgan fingerprint density at radius 3 is 2.50 bits per heavy atom. The van der Waals surface area contributed by atoms with Crippen molar-refractivity contribution in [3.8, 4) is 5.75 Å². The van der Waals surface area contributed by atoms with E-state index >= 15 is 0 Å². The zero-order valence-corrected chi connectivity index (χ0v) is 20.6. The molecular weight excluding hydrogens is 450 g/mol. The third kappa shape index (κ3) is 5.03. The lowest BCUT2D eigenvalue weighted by atomic mass is 10.1. The van der Waals surface area contributed by atoms with Crippen LogP contribution in [-0.4, -0.2) is 38.2 Å². The number of phenolic OH excluding ortho intramolecular Hbond substituents is 1. The van der Waals surface area contributed by atoms with Crippen LogP contribution in [0.15, 0.2) is 67.7 Å². The first-order valence-electron chi connectivity index (χ1n) is 11.4. The fraction of sp³-hybridized carbons (Fsp3) is 0.346. The minimum Gasteiger partial charge on any atom is -0.508 e. The highest BCUT2D eigenvalue weighted by Gasteiger charge is 2.17. The van der Waals surface area contributed by atoms with E-state index in [0.29, 0.717) is 46.0 Å². The molecule has 0 amide bonds. The van der Waals surface area contributed by atoms with Crippen molar-refractivity contribution >= 4 is 33.6 Å². The van der Waals surface area contributed by atoms with Gasteiger partial charge >= 0.3 is 5.63 Å². The maximum absolute atomic E-state index is 13.4. The number of hydrogen-bond donors (Lipinski definition) is 1. The van der Waals surface area contributed by atoms with Gasteiger partial charge in [-0.05, 0) is 57.5 Å². The predicted octanol–water partition coefficient (Wildman–Crippen LogP) is 4.62. The molecule has 34 heavy (non-hydrogen) atoms. The standard InChI is InChI=1S/C26H29N3O4S/c1-16(2)28(17(3)4)11-12-29-25(32)21-7-5-6-8-22(21)27-26(29)34-15-18-13-24(31)33-23-14-19(30)9-10-20(18)23/h5-10,13-14,16-17,30H,11-12,15H2,1-4H3. The van der Waals surface area contributed by atoms with Gasteiger partial charge in [-0.25, -0.2) is 9.78 Å². The summed E-state index contributed by atoms with van der Waals surface area (Å²) in [5.74, 6) is 0.459. The van der Waals surface area contributed by atoms with E-state index < -0.39 is 5.63 Å². The lowest BCUT2D eigenvalue weighted by molar-refractivity contribution is 0.166. The van der Waals surface area contributed by atoms with E-state index in [1.165, 1.54) is 23.9 Å². The normalized spacial score (nSPS) is 12.0. The number of rotatable bonds is 8. The topological polar surface area (TPSA) is 88.6 Å². The zero-order valence-electron chi connectivity index (χ0n) is 19.8. The molecule has 0 aliphatic rings. The number of aromatic hydroxyl groups is 1. The summed E-state index contributed by atoms with van der Waals surface area (Å²) in [6.07, 6.45) is 0. The Kier molecular flexibility index (Phi) is 7.09. The first kappa shape index (κ1) is 24.0. The minimum absolute atomic E-state index is 0.0327. The first-order chi connectivity index (χ1) is 16.2. The minimum atomic E-state index is -0.484. The van der Waals surface area contributed by atoms with Crippen LogP contribution in [0.2, 0.25) is 0 Å². The molecule has 0 aliphatic heterocycles. The van der Waals surface area contributed by atoms with Crippen molar-refractivity contribution in [2.45, 2.75) is 57.2 Å². The highest BCUT2D eigenvalue weighted by Crippen LogP contribution is 2.28. The van der Waals surface area contributed by atoms with Gasteiger partial charge in [0, 0.05) is 48.4 Å². The third-order valence-electron chi connectivity index (χ3n) is 5.91. The fourth-order valence-electron chi connectivity index (χ4n) is 4.26. The summed E-state index contributed by atoms with van der Waals surface area (Å²) in [5.41, 5.74) is 1.19. The molecule has 0 bridgehead atoms. The molecule has 4 aromatic rings. The van der Waals surface area contributed by atoms with Crippen molar-refractivity contribution in [1.29, 1.82) is 0 Å². The van der Waals surface area contributed by atoms with Crippen molar-refractivity contribution in [1.82, 2.24) is 14.5 Å². The number of nitrogens with zero attached hydrogens (tertiary/aromatic N) is 3. The Morgan fingerprint density at radius 2 is 1.76 bits per heavy atom. The van der Waals surface area contributed by atoms with Crippen molar-refractivity contribution in [2.24, 2.45) is 0 Å². The van der Waals surface area contributed by atoms with Crippen LogP contribution in [0.3, 0.4) is 0 Å². The van der Waals surface area contributed by atoms with E-state index in [-0.39, 0.29) is 11.3 Å². The zero-order chi connectivity index (χ0) is 24.4. The second-order valence-corrected chi connectivity index (χ2v) is 9.80. The number of aromatic nitrogens is 2.